The van der Waals surface area contributed by atoms with Crippen LogP contribution in [0.5, 0.6) is 11.5 Å². The first-order valence-electron chi connectivity index (χ1n) is 21.2. The van der Waals surface area contributed by atoms with E-state index >= 15 is 0 Å². The third-order valence-electron chi connectivity index (χ3n) is 11.1. The smallest absolute Gasteiger partial charge is 0.319 e. The van der Waals surface area contributed by atoms with Gasteiger partial charge in [-0.15, -0.1) is 0 Å². The Bertz CT molecular complexity index is 1720. The lowest BCUT2D eigenvalue weighted by Gasteiger charge is -2.45. The first-order chi connectivity index (χ1) is 28.6. The molecule has 3 aromatic rings. The molecule has 2 saturated heterocycles. The molecule has 0 radical (unpaired) electrons. The second-order valence-electron chi connectivity index (χ2n) is 15.7. The fourth-order valence-corrected chi connectivity index (χ4v) is 11.6. The lowest BCUT2D eigenvalue weighted by Crippen LogP contribution is -2.53. The van der Waals surface area contributed by atoms with Crippen LogP contribution in [-0.2, 0) is 19.4 Å². The van der Waals surface area contributed by atoms with Crippen LogP contribution in [0.2, 0.25) is 0 Å². The summed E-state index contributed by atoms with van der Waals surface area (Å²) in [5.74, 6) is 2.41. The quantitative estimate of drug-likeness (QED) is 0.0372. The Labute approximate surface area is 357 Å². The molecule has 4 atom stereocenters. The summed E-state index contributed by atoms with van der Waals surface area (Å²) >= 11 is 1.92. The fourth-order valence-electron chi connectivity index (χ4n) is 8.37. The minimum Gasteiger partial charge on any atom is -0.497 e. The Morgan fingerprint density at radius 3 is 2.05 bits per heavy atom. The van der Waals surface area contributed by atoms with E-state index in [0.29, 0.717) is 32.6 Å². The van der Waals surface area contributed by atoms with Gasteiger partial charge >= 0.3 is 6.03 Å². The predicted octanol–water partition coefficient (Wildman–Crippen LogP) is 9.40. The van der Waals surface area contributed by atoms with Gasteiger partial charge in [-0.2, -0.15) is 17.0 Å². The zero-order chi connectivity index (χ0) is 42.2. The monoisotopic (exact) mass is 845 g/mol. The zero-order valence-electron chi connectivity index (χ0n) is 35.7. The number of methoxy groups -OCH3 is 2. The van der Waals surface area contributed by atoms with Crippen molar-refractivity contribution in [1.29, 1.82) is 5.26 Å². The molecule has 0 bridgehead atoms. The van der Waals surface area contributed by atoms with Gasteiger partial charge in [0.15, 0.2) is 0 Å². The van der Waals surface area contributed by atoms with Crippen molar-refractivity contribution in [2.45, 2.75) is 120 Å². The molecule has 0 spiro atoms. The van der Waals surface area contributed by atoms with Gasteiger partial charge in [-0.1, -0.05) is 73.9 Å². The minimum absolute atomic E-state index is 0.0151. The highest BCUT2D eigenvalue weighted by Gasteiger charge is 2.57. The summed E-state index contributed by atoms with van der Waals surface area (Å²) < 4.78 is 25.5. The zero-order valence-corrected chi connectivity index (χ0v) is 37.4. The molecule has 1 unspecified atom stereocenters. The second kappa shape index (κ2) is 23.2. The maximum atomic E-state index is 14.4. The summed E-state index contributed by atoms with van der Waals surface area (Å²) in [6.45, 7) is 10.2. The van der Waals surface area contributed by atoms with Gasteiger partial charge in [0, 0.05) is 36.1 Å². The van der Waals surface area contributed by atoms with E-state index in [0.717, 1.165) is 78.9 Å². The van der Waals surface area contributed by atoms with Gasteiger partial charge in [0.05, 0.1) is 52.0 Å². The number of hydrogen-bond donors (Lipinski definition) is 2. The Morgan fingerprint density at radius 1 is 0.864 bits per heavy atom. The van der Waals surface area contributed by atoms with Crippen LogP contribution < -0.4 is 20.1 Å². The summed E-state index contributed by atoms with van der Waals surface area (Å²) in [5.41, 5.74) is 2.04. The maximum Gasteiger partial charge on any atom is 0.319 e. The summed E-state index contributed by atoms with van der Waals surface area (Å²) in [5, 5.41) is 15.7. The Balaban J connectivity index is 1.11. The van der Waals surface area contributed by atoms with Gasteiger partial charge in [-0.05, 0) is 94.3 Å². The molecule has 3 amide bonds. The molecule has 2 N–H and O–H groups in total. The summed E-state index contributed by atoms with van der Waals surface area (Å²) in [6.07, 6.45) is 7.39. The minimum atomic E-state index is -1.21. The highest BCUT2D eigenvalue weighted by atomic mass is 32.2. The van der Waals surface area contributed by atoms with Gasteiger partial charge in [0.2, 0.25) is 5.91 Å². The highest BCUT2D eigenvalue weighted by Crippen LogP contribution is 2.50. The third-order valence-corrected chi connectivity index (χ3v) is 14.7. The van der Waals surface area contributed by atoms with Crippen molar-refractivity contribution in [3.05, 3.63) is 95.6 Å². The van der Waals surface area contributed by atoms with Crippen LogP contribution in [0.1, 0.15) is 102 Å². The number of carbonyl (C=O) groups excluding carboxylic acids is 2. The molecule has 2 aliphatic rings. The van der Waals surface area contributed by atoms with Crippen LogP contribution in [0, 0.1) is 11.3 Å². The fraction of sp³-hybridized carbons (Fsp3) is 0.543. The molecular weight excluding hydrogens is 782 g/mol. The number of thioether (sulfide) groups is 1. The van der Waals surface area contributed by atoms with Crippen molar-refractivity contribution in [2.75, 3.05) is 39.7 Å². The van der Waals surface area contributed by atoms with Crippen molar-refractivity contribution < 1.29 is 28.1 Å². The molecule has 3 aromatic carbocycles. The van der Waals surface area contributed by atoms with Crippen molar-refractivity contribution in [3.63, 3.8) is 0 Å². The number of amides is 3. The molecular formula is C46H64N5O6PS. The lowest BCUT2D eigenvalue weighted by atomic mass is 9.74. The topological polar surface area (TPSA) is 125 Å². The number of rotatable bonds is 25. The average Bonchev–Trinajstić information content (AvgIpc) is 3.78. The van der Waals surface area contributed by atoms with E-state index in [1.165, 1.54) is 0 Å². The van der Waals surface area contributed by atoms with Gasteiger partial charge in [-0.25, -0.2) is 9.46 Å². The van der Waals surface area contributed by atoms with Crippen molar-refractivity contribution in [1.82, 2.24) is 20.2 Å². The first kappa shape index (κ1) is 46.2. The van der Waals surface area contributed by atoms with E-state index < -0.39 is 14.1 Å². The predicted molar refractivity (Wildman–Crippen MR) is 238 cm³/mol. The van der Waals surface area contributed by atoms with E-state index in [4.69, 9.17) is 23.8 Å². The Morgan fingerprint density at radius 2 is 1.46 bits per heavy atom. The molecule has 0 saturated carbocycles. The molecule has 59 heavy (non-hydrogen) atoms. The van der Waals surface area contributed by atoms with Crippen LogP contribution in [0.25, 0.3) is 0 Å². The third kappa shape index (κ3) is 11.7. The summed E-state index contributed by atoms with van der Waals surface area (Å²) in [6, 6.07) is 29.0. The first-order valence-corrected chi connectivity index (χ1v) is 23.4. The number of nitrogens with one attached hydrogen (secondary N) is 2. The standard InChI is InChI=1S/C46H64N5O6PS/c1-34(2)51(35(3)4)58(57-32-16-29-47)56-31-15-8-7-14-30-48-43(52)20-13-12-19-42-44-41(33-59-42)50(45(53)49-44)46(36-17-10-9-11-18-36,37-21-25-39(54-5)26-22-37)38-23-27-40(55-6)28-24-38/h9-11,17-18,21-28,34-35,41-42,44H,7-8,12-16,19-20,30-33H2,1-6H3,(H,48,52)(H,49,53)/t41-,42-,44-,58?/m0/s1. The van der Waals surface area contributed by atoms with Crippen molar-refractivity contribution in [3.8, 4) is 17.6 Å². The molecule has 2 fully saturated rings. The average molecular weight is 846 g/mol. The van der Waals surface area contributed by atoms with Crippen LogP contribution in [0.4, 0.5) is 4.79 Å². The Kier molecular flexibility index (Phi) is 18.2. The molecule has 0 aliphatic carbocycles. The normalized spacial score (nSPS) is 18.2. The summed E-state index contributed by atoms with van der Waals surface area (Å²) in [7, 11) is 2.11. The highest BCUT2D eigenvalue weighted by molar-refractivity contribution is 8.00. The molecule has 11 nitrogen and oxygen atoms in total. The molecule has 0 aromatic heterocycles. The molecule has 2 aliphatic heterocycles. The number of carbonyl (C=O) groups is 2. The van der Waals surface area contributed by atoms with Gasteiger partial charge in [0.25, 0.3) is 8.53 Å². The van der Waals surface area contributed by atoms with E-state index in [1.54, 1.807) is 14.2 Å². The number of fused-ring (bicyclic) bond motifs is 1. The number of ether oxygens (including phenoxy) is 2. The largest absolute Gasteiger partial charge is 0.497 e. The maximum absolute atomic E-state index is 14.4. The summed E-state index contributed by atoms with van der Waals surface area (Å²) in [4.78, 5) is 29.2. The number of hydrogen-bond acceptors (Lipinski definition) is 9. The second-order valence-corrected chi connectivity index (χ2v) is 18.4. The van der Waals surface area contributed by atoms with Crippen molar-refractivity contribution >= 4 is 32.2 Å². The number of nitrogens with zero attached hydrogens (tertiary/aromatic N) is 3. The SMILES string of the molecule is COc1ccc(C(c2ccccc2)(c2ccc(OC)cc2)N2C(=O)N[C@@H]3[C@H](CCCCC(=O)NCCCCCCOP(OCCC#N)N(C(C)C)C(C)C)SC[C@@H]32)cc1. The van der Waals surface area contributed by atoms with Crippen LogP contribution in [0.3, 0.4) is 0 Å². The molecule has 2 heterocycles. The number of urea groups is 1. The van der Waals surface area contributed by atoms with E-state index in [1.807, 2.05) is 54.2 Å². The van der Waals surface area contributed by atoms with E-state index in [2.05, 4.69) is 90.4 Å². The van der Waals surface area contributed by atoms with E-state index in [-0.39, 0.29) is 41.4 Å². The lowest BCUT2D eigenvalue weighted by molar-refractivity contribution is -0.121. The molecule has 5 rings (SSSR count). The number of nitriles is 1. The van der Waals surface area contributed by atoms with Gasteiger partial charge in [-0.3, -0.25) is 4.79 Å². The van der Waals surface area contributed by atoms with Crippen LogP contribution >= 0.6 is 20.3 Å². The Hall–Kier alpha value is -3.85. The number of benzene rings is 3. The van der Waals surface area contributed by atoms with Crippen molar-refractivity contribution in [2.24, 2.45) is 0 Å². The molecule has 320 valence electrons. The van der Waals surface area contributed by atoms with Crippen LogP contribution in [-0.4, -0.2) is 90.7 Å². The van der Waals surface area contributed by atoms with Crippen LogP contribution in [0.15, 0.2) is 78.9 Å². The van der Waals surface area contributed by atoms with E-state index in [9.17, 15) is 9.59 Å². The van der Waals surface area contributed by atoms with Gasteiger partial charge < -0.3 is 34.1 Å². The molecule has 13 heteroatoms. The number of unbranched alkanes of at least 4 members (excludes halogenated alkanes) is 4. The van der Waals surface area contributed by atoms with Gasteiger partial charge in [0.1, 0.15) is 17.0 Å².